The Morgan fingerprint density at radius 1 is 1.00 bits per heavy atom. The number of hydrogen-bond acceptors (Lipinski definition) is 2. The van der Waals surface area contributed by atoms with Crippen molar-refractivity contribution < 1.29 is 17.7 Å². The molecule has 0 spiro atoms. The third-order valence-corrected chi connectivity index (χ3v) is 2.37. The maximum atomic E-state index is 12.4. The summed E-state index contributed by atoms with van der Waals surface area (Å²) < 4.78 is 42.5. The van der Waals surface area contributed by atoms with Crippen LogP contribution in [0.25, 0.3) is 0 Å². The zero-order valence-corrected chi connectivity index (χ0v) is 9.39. The lowest BCUT2D eigenvalue weighted by Gasteiger charge is -2.15. The second-order valence-corrected chi connectivity index (χ2v) is 3.75. The van der Waals surface area contributed by atoms with E-state index in [0.29, 0.717) is 5.75 Å². The van der Waals surface area contributed by atoms with Crippen LogP contribution in [-0.4, -0.2) is 12.0 Å². The largest absolute Gasteiger partial charge is 0.509 e. The number of halogens is 3. The van der Waals surface area contributed by atoms with E-state index in [-0.39, 0.29) is 6.61 Å². The molecule has 0 aliphatic heterocycles. The van der Waals surface area contributed by atoms with Gasteiger partial charge in [0.1, 0.15) is 12.4 Å². The average molecular weight is 252 g/mol. The summed E-state index contributed by atoms with van der Waals surface area (Å²) in [6, 6.07) is 10.1. The first-order valence-corrected chi connectivity index (χ1v) is 5.38. The van der Waals surface area contributed by atoms with Crippen LogP contribution < -0.4 is 10.2 Å². The number of ether oxygens (including phenoxy) is 1. The second-order valence-electron chi connectivity index (χ2n) is 3.75. The molecule has 1 aromatic heterocycles. The minimum absolute atomic E-state index is 0.233. The van der Waals surface area contributed by atoms with Gasteiger partial charge in [0.25, 0.3) is 0 Å². The van der Waals surface area contributed by atoms with Gasteiger partial charge < -0.3 is 17.7 Å². The zero-order valence-electron chi connectivity index (χ0n) is 9.39. The van der Waals surface area contributed by atoms with Crippen LogP contribution in [0.1, 0.15) is 5.69 Å². The van der Waals surface area contributed by atoms with Gasteiger partial charge in [0.15, 0.2) is 0 Å². The monoisotopic (exact) mass is 252 g/mol. The molecule has 18 heavy (non-hydrogen) atoms. The summed E-state index contributed by atoms with van der Waals surface area (Å²) in [7, 11) is 0. The lowest BCUT2D eigenvalue weighted by Crippen LogP contribution is -2.33. The molecular formula is C12H10BF3NO-. The van der Waals surface area contributed by atoms with E-state index in [2.05, 4.69) is 4.98 Å². The smallest absolute Gasteiger partial charge is 0.487 e. The highest BCUT2D eigenvalue weighted by atomic mass is 19.4. The fourth-order valence-electron chi connectivity index (χ4n) is 1.42. The first kappa shape index (κ1) is 12.5. The quantitative estimate of drug-likeness (QED) is 0.780. The summed E-state index contributed by atoms with van der Waals surface area (Å²) in [6.07, 6.45) is 1.63. The van der Waals surface area contributed by atoms with E-state index in [0.717, 1.165) is 17.8 Å². The number of hydrogen-bond donors (Lipinski definition) is 0. The standard InChI is InChI=1S/C12H10BF3NO/c14-13(15,16)10-4-6-12(7-5-10)18-9-11-3-1-2-8-17-11/h1-8H,9H2/q-1. The molecule has 2 rings (SSSR count). The number of aromatic nitrogens is 1. The van der Waals surface area contributed by atoms with Crippen molar-refractivity contribution in [1.82, 2.24) is 4.98 Å². The van der Waals surface area contributed by atoms with Gasteiger partial charge in [-0.05, 0) is 24.3 Å². The van der Waals surface area contributed by atoms with Gasteiger partial charge in [-0.2, -0.15) is 0 Å². The van der Waals surface area contributed by atoms with E-state index < -0.39 is 12.4 Å². The molecule has 0 bridgehead atoms. The summed E-state index contributed by atoms with van der Waals surface area (Å²) >= 11 is 0. The van der Waals surface area contributed by atoms with Crippen LogP contribution in [0.4, 0.5) is 12.9 Å². The van der Waals surface area contributed by atoms with E-state index >= 15 is 0 Å². The van der Waals surface area contributed by atoms with Crippen LogP contribution in [0, 0.1) is 0 Å². The van der Waals surface area contributed by atoms with Gasteiger partial charge in [-0.15, -0.1) is 5.46 Å². The lowest BCUT2D eigenvalue weighted by molar-refractivity contribution is 0.301. The normalized spacial score (nSPS) is 11.3. The van der Waals surface area contributed by atoms with Gasteiger partial charge in [0, 0.05) is 6.20 Å². The van der Waals surface area contributed by atoms with Crippen molar-refractivity contribution in [1.29, 1.82) is 0 Å². The molecule has 0 saturated heterocycles. The minimum Gasteiger partial charge on any atom is -0.487 e. The highest BCUT2D eigenvalue weighted by Crippen LogP contribution is 2.14. The Labute approximate surface area is 102 Å². The van der Waals surface area contributed by atoms with E-state index in [1.807, 2.05) is 6.07 Å². The van der Waals surface area contributed by atoms with Gasteiger partial charge in [0.2, 0.25) is 0 Å². The molecule has 0 unspecified atom stereocenters. The van der Waals surface area contributed by atoms with Crippen molar-refractivity contribution in [2.24, 2.45) is 0 Å². The Bertz CT molecular complexity index is 499. The van der Waals surface area contributed by atoms with E-state index in [1.54, 1.807) is 18.3 Å². The SMILES string of the molecule is F[B-](F)(F)c1ccc(OCc2ccccn2)cc1. The van der Waals surface area contributed by atoms with Crippen molar-refractivity contribution in [2.75, 3.05) is 0 Å². The molecular weight excluding hydrogens is 242 g/mol. The molecule has 0 saturated carbocycles. The molecule has 1 aromatic carbocycles. The summed E-state index contributed by atoms with van der Waals surface area (Å²) in [5.74, 6) is 0.393. The zero-order chi connectivity index (χ0) is 13.0. The lowest BCUT2D eigenvalue weighted by atomic mass is 9.80. The Kier molecular flexibility index (Phi) is 3.55. The molecule has 0 aliphatic carbocycles. The van der Waals surface area contributed by atoms with Gasteiger partial charge in [0.05, 0.1) is 5.69 Å². The predicted molar refractivity (Wildman–Crippen MR) is 63.7 cm³/mol. The number of nitrogens with zero attached hydrogens (tertiary/aromatic N) is 1. The second kappa shape index (κ2) is 5.12. The maximum Gasteiger partial charge on any atom is 0.509 e. The summed E-state index contributed by atoms with van der Waals surface area (Å²) in [4.78, 5) is 4.05. The third-order valence-electron chi connectivity index (χ3n) is 2.37. The average Bonchev–Trinajstić information content (AvgIpc) is 2.37. The molecule has 0 N–H and O–H groups in total. The van der Waals surface area contributed by atoms with Crippen molar-refractivity contribution in [3.63, 3.8) is 0 Å². The summed E-state index contributed by atoms with van der Waals surface area (Å²) in [5.41, 5.74) is 0.0989. The fraction of sp³-hybridized carbons (Fsp3) is 0.0833. The fourth-order valence-corrected chi connectivity index (χ4v) is 1.42. The molecule has 0 radical (unpaired) electrons. The van der Waals surface area contributed by atoms with Gasteiger partial charge in [-0.3, -0.25) is 4.98 Å². The molecule has 6 heteroatoms. The number of pyridine rings is 1. The van der Waals surface area contributed by atoms with E-state index in [9.17, 15) is 12.9 Å². The van der Waals surface area contributed by atoms with Crippen LogP contribution in [-0.2, 0) is 6.61 Å². The van der Waals surface area contributed by atoms with Gasteiger partial charge in [-0.25, -0.2) is 0 Å². The van der Waals surface area contributed by atoms with Crippen LogP contribution in [0.2, 0.25) is 0 Å². The molecule has 1 heterocycles. The first-order valence-electron chi connectivity index (χ1n) is 5.38. The Balaban J connectivity index is 1.99. The predicted octanol–water partition coefficient (Wildman–Crippen LogP) is 2.72. The van der Waals surface area contributed by atoms with Crippen LogP contribution in [0.5, 0.6) is 5.75 Å². The van der Waals surface area contributed by atoms with E-state index in [4.69, 9.17) is 4.74 Å². The van der Waals surface area contributed by atoms with Gasteiger partial charge in [-0.1, -0.05) is 18.2 Å². The Morgan fingerprint density at radius 3 is 2.28 bits per heavy atom. The third kappa shape index (κ3) is 3.26. The van der Waals surface area contributed by atoms with Crippen molar-refractivity contribution in [2.45, 2.75) is 6.61 Å². The topological polar surface area (TPSA) is 22.1 Å². The Morgan fingerprint density at radius 2 is 1.72 bits per heavy atom. The highest BCUT2D eigenvalue weighted by molar-refractivity contribution is 6.73. The molecule has 94 valence electrons. The number of benzene rings is 1. The first-order chi connectivity index (χ1) is 8.55. The van der Waals surface area contributed by atoms with Crippen molar-refractivity contribution in [3.05, 3.63) is 54.4 Å². The molecule has 2 aromatic rings. The number of rotatable bonds is 4. The molecule has 0 atom stereocenters. The Hall–Kier alpha value is -1.98. The van der Waals surface area contributed by atoms with E-state index in [1.165, 1.54) is 12.1 Å². The summed E-state index contributed by atoms with van der Waals surface area (Å²) in [5, 5.41) is 0. The molecule has 0 amide bonds. The van der Waals surface area contributed by atoms with Crippen LogP contribution in [0.15, 0.2) is 48.7 Å². The molecule has 2 nitrogen and oxygen atoms in total. The van der Waals surface area contributed by atoms with Crippen molar-refractivity contribution in [3.8, 4) is 5.75 Å². The minimum atomic E-state index is -4.95. The van der Waals surface area contributed by atoms with Crippen LogP contribution in [0.3, 0.4) is 0 Å². The summed E-state index contributed by atoms with van der Waals surface area (Å²) in [6.45, 7) is -4.71. The van der Waals surface area contributed by atoms with Crippen molar-refractivity contribution >= 4 is 12.4 Å². The molecule has 0 fully saturated rings. The molecule has 0 aliphatic rings. The highest BCUT2D eigenvalue weighted by Gasteiger charge is 2.24. The maximum absolute atomic E-state index is 12.4. The van der Waals surface area contributed by atoms with Gasteiger partial charge >= 0.3 is 6.98 Å². The van der Waals surface area contributed by atoms with Crippen LogP contribution >= 0.6 is 0 Å².